The van der Waals surface area contributed by atoms with Crippen molar-refractivity contribution < 1.29 is 4.39 Å². The van der Waals surface area contributed by atoms with Crippen LogP contribution in [0.4, 0.5) is 4.39 Å². The van der Waals surface area contributed by atoms with Crippen molar-refractivity contribution in [2.45, 2.75) is 18.8 Å². The lowest BCUT2D eigenvalue weighted by Gasteiger charge is -2.21. The number of hydrogen-bond donors (Lipinski definition) is 2. The van der Waals surface area contributed by atoms with Gasteiger partial charge in [0.15, 0.2) is 0 Å². The van der Waals surface area contributed by atoms with Gasteiger partial charge in [-0.15, -0.1) is 24.8 Å². The summed E-state index contributed by atoms with van der Waals surface area (Å²) >= 11 is 0. The van der Waals surface area contributed by atoms with Crippen molar-refractivity contribution in [2.75, 3.05) is 13.1 Å². The van der Waals surface area contributed by atoms with E-state index in [4.69, 9.17) is 0 Å². The van der Waals surface area contributed by atoms with Crippen molar-refractivity contribution in [2.24, 2.45) is 0 Å². The summed E-state index contributed by atoms with van der Waals surface area (Å²) in [6, 6.07) is 3.56. The highest BCUT2D eigenvalue weighted by molar-refractivity contribution is 5.85. The zero-order valence-electron chi connectivity index (χ0n) is 9.78. The number of H-pyrrole nitrogens is 1. The Morgan fingerprint density at radius 2 is 1.89 bits per heavy atom. The molecule has 0 bridgehead atoms. The normalized spacial score (nSPS) is 16.1. The Morgan fingerprint density at radius 3 is 2.61 bits per heavy atom. The number of piperidine rings is 1. The first-order valence-electron chi connectivity index (χ1n) is 5.68. The van der Waals surface area contributed by atoms with Crippen LogP contribution in [0, 0.1) is 5.82 Å². The second-order valence-corrected chi connectivity index (χ2v) is 4.34. The van der Waals surface area contributed by atoms with E-state index in [1.807, 2.05) is 6.07 Å². The number of rotatable bonds is 1. The van der Waals surface area contributed by atoms with Gasteiger partial charge >= 0.3 is 0 Å². The number of pyridine rings is 1. The van der Waals surface area contributed by atoms with Crippen LogP contribution in [0.5, 0.6) is 0 Å². The molecule has 0 radical (unpaired) electrons. The van der Waals surface area contributed by atoms with Gasteiger partial charge in [0.2, 0.25) is 0 Å². The van der Waals surface area contributed by atoms with Crippen LogP contribution in [0.15, 0.2) is 18.3 Å². The molecule has 2 aromatic heterocycles. The van der Waals surface area contributed by atoms with Gasteiger partial charge < -0.3 is 10.3 Å². The minimum absolute atomic E-state index is 0. The number of aromatic amines is 1. The molecule has 3 heterocycles. The molecule has 1 saturated heterocycles. The molecule has 3 nitrogen and oxygen atoms in total. The first-order chi connectivity index (χ1) is 7.83. The SMILES string of the molecule is Cl.Cl.Fc1cnc2[nH]c(C3CCNCC3)cc2c1. The maximum absolute atomic E-state index is 13.0. The Labute approximate surface area is 117 Å². The first kappa shape index (κ1) is 15.2. The number of hydrogen-bond acceptors (Lipinski definition) is 2. The summed E-state index contributed by atoms with van der Waals surface area (Å²) in [6.07, 6.45) is 3.52. The summed E-state index contributed by atoms with van der Waals surface area (Å²) in [7, 11) is 0. The summed E-state index contributed by atoms with van der Waals surface area (Å²) in [5, 5.41) is 4.21. The second-order valence-electron chi connectivity index (χ2n) is 4.34. The Morgan fingerprint density at radius 1 is 1.17 bits per heavy atom. The maximum atomic E-state index is 13.0. The van der Waals surface area contributed by atoms with Gasteiger partial charge in [-0.3, -0.25) is 0 Å². The van der Waals surface area contributed by atoms with Crippen LogP contribution in [-0.4, -0.2) is 23.1 Å². The van der Waals surface area contributed by atoms with E-state index in [-0.39, 0.29) is 30.6 Å². The molecule has 0 aromatic carbocycles. The molecule has 2 aromatic rings. The Balaban J connectivity index is 0.000000810. The lowest BCUT2D eigenvalue weighted by atomic mass is 9.95. The molecular formula is C12H16Cl2FN3. The fraction of sp³-hybridized carbons (Fsp3) is 0.417. The minimum Gasteiger partial charge on any atom is -0.343 e. The van der Waals surface area contributed by atoms with Gasteiger partial charge in [-0.25, -0.2) is 9.37 Å². The van der Waals surface area contributed by atoms with Crippen LogP contribution in [0.25, 0.3) is 11.0 Å². The zero-order valence-corrected chi connectivity index (χ0v) is 11.4. The third-order valence-electron chi connectivity index (χ3n) is 3.24. The zero-order chi connectivity index (χ0) is 11.0. The smallest absolute Gasteiger partial charge is 0.142 e. The average Bonchev–Trinajstić information content (AvgIpc) is 2.73. The maximum Gasteiger partial charge on any atom is 0.142 e. The molecule has 1 fully saturated rings. The van der Waals surface area contributed by atoms with Gasteiger partial charge in [0.05, 0.1) is 6.20 Å². The van der Waals surface area contributed by atoms with E-state index < -0.39 is 0 Å². The predicted molar refractivity (Wildman–Crippen MR) is 75.4 cm³/mol. The molecule has 0 amide bonds. The van der Waals surface area contributed by atoms with E-state index in [1.54, 1.807) is 0 Å². The fourth-order valence-electron chi connectivity index (χ4n) is 2.36. The monoisotopic (exact) mass is 291 g/mol. The molecule has 100 valence electrons. The molecule has 3 rings (SSSR count). The standard InChI is InChI=1S/C12H14FN3.2ClH/c13-10-5-9-6-11(16-12(9)15-7-10)8-1-3-14-4-2-8;;/h5-8,14H,1-4H2,(H,15,16);2*1H. The van der Waals surface area contributed by atoms with Gasteiger partial charge in [0.1, 0.15) is 11.5 Å². The van der Waals surface area contributed by atoms with Crippen LogP contribution >= 0.6 is 24.8 Å². The van der Waals surface area contributed by atoms with Crippen LogP contribution in [0.1, 0.15) is 24.5 Å². The molecule has 0 atom stereocenters. The van der Waals surface area contributed by atoms with Crippen molar-refractivity contribution in [1.82, 2.24) is 15.3 Å². The average molecular weight is 292 g/mol. The lowest BCUT2D eigenvalue weighted by Crippen LogP contribution is -2.26. The number of aromatic nitrogens is 2. The highest BCUT2D eigenvalue weighted by atomic mass is 35.5. The van der Waals surface area contributed by atoms with E-state index in [0.717, 1.165) is 37.0 Å². The summed E-state index contributed by atoms with van der Waals surface area (Å²) in [5.41, 5.74) is 1.98. The molecular weight excluding hydrogens is 276 g/mol. The molecule has 1 aliphatic heterocycles. The van der Waals surface area contributed by atoms with Crippen molar-refractivity contribution >= 4 is 35.8 Å². The molecule has 0 saturated carbocycles. The van der Waals surface area contributed by atoms with Crippen LogP contribution in [-0.2, 0) is 0 Å². The van der Waals surface area contributed by atoms with E-state index >= 15 is 0 Å². The van der Waals surface area contributed by atoms with Crippen molar-refractivity contribution in [1.29, 1.82) is 0 Å². The van der Waals surface area contributed by atoms with E-state index in [2.05, 4.69) is 15.3 Å². The Kier molecular flexibility index (Phi) is 5.38. The summed E-state index contributed by atoms with van der Waals surface area (Å²) < 4.78 is 13.0. The van der Waals surface area contributed by atoms with E-state index in [0.29, 0.717) is 5.92 Å². The van der Waals surface area contributed by atoms with Gasteiger partial charge in [0.25, 0.3) is 0 Å². The fourth-order valence-corrected chi connectivity index (χ4v) is 2.36. The molecule has 18 heavy (non-hydrogen) atoms. The highest BCUT2D eigenvalue weighted by Gasteiger charge is 2.17. The first-order valence-corrected chi connectivity index (χ1v) is 5.68. The van der Waals surface area contributed by atoms with Crippen molar-refractivity contribution in [3.05, 3.63) is 29.8 Å². The number of nitrogens with one attached hydrogen (secondary N) is 2. The Hall–Kier alpha value is -0.840. The molecule has 0 unspecified atom stereocenters. The topological polar surface area (TPSA) is 40.7 Å². The second kappa shape index (κ2) is 6.36. The highest BCUT2D eigenvalue weighted by Crippen LogP contribution is 2.27. The van der Waals surface area contributed by atoms with Gasteiger partial charge in [0, 0.05) is 17.0 Å². The van der Waals surface area contributed by atoms with Gasteiger partial charge in [-0.05, 0) is 38.1 Å². The third-order valence-corrected chi connectivity index (χ3v) is 3.24. The largest absolute Gasteiger partial charge is 0.343 e. The van der Waals surface area contributed by atoms with E-state index in [9.17, 15) is 4.39 Å². The summed E-state index contributed by atoms with van der Waals surface area (Å²) in [6.45, 7) is 2.11. The van der Waals surface area contributed by atoms with Gasteiger partial charge in [-0.1, -0.05) is 0 Å². The molecule has 0 spiro atoms. The van der Waals surface area contributed by atoms with Crippen molar-refractivity contribution in [3.8, 4) is 0 Å². The molecule has 6 heteroatoms. The van der Waals surface area contributed by atoms with Gasteiger partial charge in [-0.2, -0.15) is 0 Å². The minimum atomic E-state index is -0.275. The summed E-state index contributed by atoms with van der Waals surface area (Å²) in [4.78, 5) is 7.34. The number of halogens is 3. The number of fused-ring (bicyclic) bond motifs is 1. The predicted octanol–water partition coefficient (Wildman–Crippen LogP) is 3.01. The lowest BCUT2D eigenvalue weighted by molar-refractivity contribution is 0.455. The van der Waals surface area contributed by atoms with Crippen LogP contribution in [0.2, 0.25) is 0 Å². The van der Waals surface area contributed by atoms with E-state index in [1.165, 1.54) is 18.0 Å². The summed E-state index contributed by atoms with van der Waals surface area (Å²) in [5.74, 6) is 0.280. The number of nitrogens with zero attached hydrogens (tertiary/aromatic N) is 1. The molecule has 1 aliphatic rings. The Bertz CT molecular complexity index is 509. The molecule has 2 N–H and O–H groups in total. The quantitative estimate of drug-likeness (QED) is 0.848. The van der Waals surface area contributed by atoms with Crippen LogP contribution in [0.3, 0.4) is 0 Å². The molecule has 0 aliphatic carbocycles. The third kappa shape index (κ3) is 2.94. The van der Waals surface area contributed by atoms with Crippen LogP contribution < -0.4 is 5.32 Å². The van der Waals surface area contributed by atoms with Crippen molar-refractivity contribution in [3.63, 3.8) is 0 Å².